The maximum absolute atomic E-state index is 13.1. The van der Waals surface area contributed by atoms with Crippen molar-refractivity contribution in [2.45, 2.75) is 37.9 Å². The zero-order chi connectivity index (χ0) is 22.7. The second-order valence-electron chi connectivity index (χ2n) is 8.52. The van der Waals surface area contributed by atoms with Crippen LogP contribution >= 0.6 is 11.8 Å². The molecule has 0 amide bonds. The molecule has 7 heteroatoms. The van der Waals surface area contributed by atoms with E-state index in [1.807, 2.05) is 28.8 Å². The summed E-state index contributed by atoms with van der Waals surface area (Å²) in [5.41, 5.74) is 2.70. The Morgan fingerprint density at radius 3 is 2.38 bits per heavy atom. The van der Waals surface area contributed by atoms with Crippen molar-refractivity contribution in [1.82, 2.24) is 14.8 Å². The van der Waals surface area contributed by atoms with Gasteiger partial charge >= 0.3 is 0 Å². The Morgan fingerprint density at radius 2 is 1.75 bits per heavy atom. The summed E-state index contributed by atoms with van der Waals surface area (Å²) in [5.74, 6) is 1.18. The van der Waals surface area contributed by atoms with Crippen LogP contribution in [0.25, 0.3) is 11.4 Å². The number of rotatable bonds is 7. The molecule has 0 spiro atoms. The first-order valence-corrected chi connectivity index (χ1v) is 11.3. The number of hydrogen-bond acceptors (Lipinski definition) is 5. The Labute approximate surface area is 190 Å². The second-order valence-corrected chi connectivity index (χ2v) is 9.46. The van der Waals surface area contributed by atoms with Crippen LogP contribution < -0.4 is 0 Å². The third-order valence-electron chi connectivity index (χ3n) is 5.12. The lowest BCUT2D eigenvalue weighted by Gasteiger charge is -2.19. The average molecular weight is 450 g/mol. The topological polar surface area (TPSA) is 60.9 Å². The first kappa shape index (κ1) is 22.0. The highest BCUT2D eigenvalue weighted by Crippen LogP contribution is 2.28. The maximum atomic E-state index is 13.1. The van der Waals surface area contributed by atoms with Crippen molar-refractivity contribution in [3.63, 3.8) is 0 Å². The van der Waals surface area contributed by atoms with Crippen LogP contribution in [0.3, 0.4) is 0 Å². The van der Waals surface area contributed by atoms with Gasteiger partial charge in [-0.25, -0.2) is 4.39 Å². The van der Waals surface area contributed by atoms with Gasteiger partial charge in [-0.2, -0.15) is 0 Å². The van der Waals surface area contributed by atoms with E-state index in [0.29, 0.717) is 23.1 Å². The molecule has 0 N–H and O–H groups in total. The number of Topliss-reactive ketones (excluding diaryl/α,β-unsaturated/α-hetero) is 1. The predicted molar refractivity (Wildman–Crippen MR) is 123 cm³/mol. The lowest BCUT2D eigenvalue weighted by Crippen LogP contribution is -2.10. The molecule has 0 saturated heterocycles. The molecule has 0 saturated carbocycles. The molecule has 2 heterocycles. The van der Waals surface area contributed by atoms with Crippen molar-refractivity contribution < 1.29 is 13.6 Å². The van der Waals surface area contributed by atoms with Crippen LogP contribution in [0, 0.1) is 5.82 Å². The summed E-state index contributed by atoms with van der Waals surface area (Å²) >= 11 is 1.30. The number of ketones is 1. The van der Waals surface area contributed by atoms with E-state index >= 15 is 0 Å². The van der Waals surface area contributed by atoms with Crippen molar-refractivity contribution in [3.05, 3.63) is 89.6 Å². The zero-order valence-electron chi connectivity index (χ0n) is 18.2. The van der Waals surface area contributed by atoms with Crippen molar-refractivity contribution in [2.24, 2.45) is 0 Å². The normalized spacial score (nSPS) is 11.6. The summed E-state index contributed by atoms with van der Waals surface area (Å²) < 4.78 is 20.6. The average Bonchev–Trinajstić information content (AvgIpc) is 3.42. The van der Waals surface area contributed by atoms with Crippen molar-refractivity contribution in [2.75, 3.05) is 5.75 Å². The molecule has 5 nitrogen and oxygen atoms in total. The number of nitrogens with zero attached hydrogens (tertiary/aromatic N) is 3. The fourth-order valence-electron chi connectivity index (χ4n) is 3.28. The van der Waals surface area contributed by atoms with Gasteiger partial charge in [-0.3, -0.25) is 9.36 Å². The smallest absolute Gasteiger partial charge is 0.192 e. The number of carbonyl (C=O) groups excluding carboxylic acids is 1. The lowest BCUT2D eigenvalue weighted by molar-refractivity contribution is 0.102. The molecule has 0 aliphatic heterocycles. The van der Waals surface area contributed by atoms with Gasteiger partial charge in [0.1, 0.15) is 11.6 Å². The maximum Gasteiger partial charge on any atom is 0.192 e. The predicted octanol–water partition coefficient (Wildman–Crippen LogP) is 6.00. The molecule has 2 aromatic carbocycles. The number of benzene rings is 2. The van der Waals surface area contributed by atoms with Crippen molar-refractivity contribution >= 4 is 17.5 Å². The molecule has 0 atom stereocenters. The number of furan rings is 1. The van der Waals surface area contributed by atoms with Crippen LogP contribution in [0.15, 0.2) is 76.5 Å². The van der Waals surface area contributed by atoms with Crippen LogP contribution in [0.4, 0.5) is 4.39 Å². The number of hydrogen-bond donors (Lipinski definition) is 0. The van der Waals surface area contributed by atoms with E-state index in [2.05, 4.69) is 43.1 Å². The van der Waals surface area contributed by atoms with Gasteiger partial charge in [-0.1, -0.05) is 56.8 Å². The number of aromatic nitrogens is 3. The molecule has 0 radical (unpaired) electrons. The highest BCUT2D eigenvalue weighted by Gasteiger charge is 2.19. The van der Waals surface area contributed by atoms with Gasteiger partial charge in [0.15, 0.2) is 16.8 Å². The minimum atomic E-state index is -0.366. The molecule has 0 bridgehead atoms. The van der Waals surface area contributed by atoms with E-state index in [0.717, 1.165) is 11.3 Å². The molecule has 0 aliphatic carbocycles. The largest absolute Gasteiger partial charge is 0.467 e. The van der Waals surface area contributed by atoms with Crippen LogP contribution in [0.2, 0.25) is 0 Å². The summed E-state index contributed by atoms with van der Waals surface area (Å²) in [4.78, 5) is 12.5. The standard InChI is InChI=1S/C25H24FN3O2S/c1-25(2,3)19-10-6-18(7-11-19)23-27-28-24(29(23)15-21-5-4-14-31-21)32-16-22(30)17-8-12-20(26)13-9-17/h4-14H,15-16H2,1-3H3. The zero-order valence-corrected chi connectivity index (χ0v) is 19.0. The van der Waals surface area contributed by atoms with Gasteiger partial charge in [0.05, 0.1) is 18.6 Å². The van der Waals surface area contributed by atoms with Gasteiger partial charge < -0.3 is 4.42 Å². The fraction of sp³-hybridized carbons (Fsp3) is 0.240. The molecule has 2 aromatic heterocycles. The fourth-order valence-corrected chi connectivity index (χ4v) is 4.11. The monoisotopic (exact) mass is 449 g/mol. The Hall–Kier alpha value is -3.19. The Morgan fingerprint density at radius 1 is 1.03 bits per heavy atom. The Balaban J connectivity index is 1.60. The third kappa shape index (κ3) is 4.99. The highest BCUT2D eigenvalue weighted by atomic mass is 32.2. The van der Waals surface area contributed by atoms with E-state index in [4.69, 9.17) is 4.42 Å². The van der Waals surface area contributed by atoms with Gasteiger partial charge in [0.2, 0.25) is 0 Å². The van der Waals surface area contributed by atoms with E-state index in [9.17, 15) is 9.18 Å². The summed E-state index contributed by atoms with van der Waals surface area (Å²) in [7, 11) is 0. The van der Waals surface area contributed by atoms with E-state index in [1.165, 1.54) is 41.6 Å². The number of thioether (sulfide) groups is 1. The van der Waals surface area contributed by atoms with Crippen molar-refractivity contribution in [1.29, 1.82) is 0 Å². The van der Waals surface area contributed by atoms with Gasteiger partial charge in [-0.15, -0.1) is 10.2 Å². The van der Waals surface area contributed by atoms with E-state index < -0.39 is 0 Å². The molecular formula is C25H24FN3O2S. The van der Waals surface area contributed by atoms with Gasteiger partial charge in [0.25, 0.3) is 0 Å². The van der Waals surface area contributed by atoms with Gasteiger partial charge in [-0.05, 0) is 47.4 Å². The SMILES string of the molecule is CC(C)(C)c1ccc(-c2nnc(SCC(=O)c3ccc(F)cc3)n2Cc2ccco2)cc1. The molecule has 0 fully saturated rings. The summed E-state index contributed by atoms with van der Waals surface area (Å²) in [6, 6.07) is 17.6. The quantitative estimate of drug-likeness (QED) is 0.256. The molecule has 164 valence electrons. The van der Waals surface area contributed by atoms with Gasteiger partial charge in [0, 0.05) is 11.1 Å². The number of halogens is 1. The molecular weight excluding hydrogens is 425 g/mol. The lowest BCUT2D eigenvalue weighted by atomic mass is 9.87. The van der Waals surface area contributed by atoms with E-state index in [1.54, 1.807) is 6.26 Å². The second kappa shape index (κ2) is 9.12. The van der Waals surface area contributed by atoms with Crippen molar-refractivity contribution in [3.8, 4) is 11.4 Å². The highest BCUT2D eigenvalue weighted by molar-refractivity contribution is 7.99. The number of carbonyl (C=O) groups is 1. The first-order chi connectivity index (χ1) is 15.3. The Bertz CT molecular complexity index is 1190. The molecule has 32 heavy (non-hydrogen) atoms. The van der Waals surface area contributed by atoms with Crippen LogP contribution in [-0.2, 0) is 12.0 Å². The first-order valence-electron chi connectivity index (χ1n) is 10.3. The summed E-state index contributed by atoms with van der Waals surface area (Å²) in [6.07, 6.45) is 1.63. The molecule has 0 unspecified atom stereocenters. The molecule has 0 aliphatic rings. The van der Waals surface area contributed by atoms with Crippen LogP contribution in [-0.4, -0.2) is 26.3 Å². The summed E-state index contributed by atoms with van der Waals surface area (Å²) in [6.45, 7) is 6.97. The van der Waals surface area contributed by atoms with Crippen LogP contribution in [0.5, 0.6) is 0 Å². The van der Waals surface area contributed by atoms with Crippen LogP contribution in [0.1, 0.15) is 42.5 Å². The molecule has 4 rings (SSSR count). The minimum absolute atomic E-state index is 0.0576. The van der Waals surface area contributed by atoms with E-state index in [-0.39, 0.29) is 22.8 Å². The minimum Gasteiger partial charge on any atom is -0.467 e. The third-order valence-corrected chi connectivity index (χ3v) is 6.09. The molecule has 4 aromatic rings. The summed E-state index contributed by atoms with van der Waals surface area (Å²) in [5, 5.41) is 9.37. The Kier molecular flexibility index (Phi) is 6.28.